The van der Waals surface area contributed by atoms with Crippen molar-refractivity contribution in [2.24, 2.45) is 4.99 Å². The van der Waals surface area contributed by atoms with Crippen molar-refractivity contribution >= 4 is 17.3 Å². The maximum Gasteiger partial charge on any atom is 0.191 e. The largest absolute Gasteiger partial charge is 0.357 e. The van der Waals surface area contributed by atoms with Crippen molar-refractivity contribution in [1.29, 1.82) is 0 Å². The van der Waals surface area contributed by atoms with Crippen molar-refractivity contribution in [2.45, 2.75) is 45.7 Å². The third-order valence-electron chi connectivity index (χ3n) is 3.81. The summed E-state index contributed by atoms with van der Waals surface area (Å²) in [5, 5.41) is 11.2. The zero-order chi connectivity index (χ0) is 14.9. The molecule has 1 aromatic heterocycles. The van der Waals surface area contributed by atoms with Crippen LogP contribution in [0.15, 0.2) is 21.8 Å². The lowest BCUT2D eigenvalue weighted by Gasteiger charge is -2.32. The minimum atomic E-state index is 0.554. The smallest absolute Gasteiger partial charge is 0.191 e. The van der Waals surface area contributed by atoms with Crippen LogP contribution < -0.4 is 10.6 Å². The first kappa shape index (κ1) is 16.3. The highest BCUT2D eigenvalue weighted by molar-refractivity contribution is 7.07. The fraction of sp³-hybridized carbons (Fsp3) is 0.688. The number of guanidine groups is 1. The Hall–Kier alpha value is -1.07. The van der Waals surface area contributed by atoms with E-state index in [4.69, 9.17) is 4.99 Å². The van der Waals surface area contributed by atoms with E-state index in [9.17, 15) is 0 Å². The molecule has 0 radical (unpaired) electrons. The van der Waals surface area contributed by atoms with Crippen molar-refractivity contribution in [1.82, 2.24) is 15.5 Å². The number of thiophene rings is 1. The molecule has 0 spiro atoms. The summed E-state index contributed by atoms with van der Waals surface area (Å²) in [7, 11) is 0. The van der Waals surface area contributed by atoms with E-state index in [0.717, 1.165) is 19.0 Å². The van der Waals surface area contributed by atoms with Crippen molar-refractivity contribution in [2.75, 3.05) is 26.2 Å². The van der Waals surface area contributed by atoms with Gasteiger partial charge in [-0.1, -0.05) is 6.92 Å². The minimum absolute atomic E-state index is 0.554. The molecule has 0 saturated carbocycles. The van der Waals surface area contributed by atoms with Crippen LogP contribution in [0.4, 0.5) is 0 Å². The highest BCUT2D eigenvalue weighted by atomic mass is 32.1. The van der Waals surface area contributed by atoms with Gasteiger partial charge in [-0.25, -0.2) is 4.99 Å². The predicted molar refractivity (Wildman–Crippen MR) is 92.0 cm³/mol. The molecule has 4 nitrogen and oxygen atoms in total. The standard InChI is InChI=1S/C16H28N4S/c1-3-8-20-9-5-15(6-10-20)19-16(17-4-2)18-12-14-7-11-21-13-14/h7,11,13,15H,3-6,8-10,12H2,1-2H3,(H2,17,18,19). The lowest BCUT2D eigenvalue weighted by molar-refractivity contribution is 0.206. The number of nitrogens with zero attached hydrogens (tertiary/aromatic N) is 2. The van der Waals surface area contributed by atoms with Crippen molar-refractivity contribution in [3.05, 3.63) is 22.4 Å². The number of rotatable bonds is 6. The first-order valence-electron chi connectivity index (χ1n) is 8.10. The Balaban J connectivity index is 1.81. The summed E-state index contributed by atoms with van der Waals surface area (Å²) >= 11 is 1.73. The molecule has 0 atom stereocenters. The van der Waals surface area contributed by atoms with Crippen molar-refractivity contribution < 1.29 is 0 Å². The van der Waals surface area contributed by atoms with E-state index in [1.165, 1.54) is 44.5 Å². The Morgan fingerprint density at radius 2 is 2.19 bits per heavy atom. The second-order valence-corrected chi connectivity index (χ2v) is 6.37. The number of hydrogen-bond donors (Lipinski definition) is 2. The van der Waals surface area contributed by atoms with E-state index in [1.54, 1.807) is 11.3 Å². The maximum absolute atomic E-state index is 4.69. The molecule has 5 heteroatoms. The molecule has 1 aromatic rings. The minimum Gasteiger partial charge on any atom is -0.357 e. The number of aliphatic imine (C=N–C) groups is 1. The zero-order valence-electron chi connectivity index (χ0n) is 13.3. The topological polar surface area (TPSA) is 39.7 Å². The average molecular weight is 308 g/mol. The van der Waals surface area contributed by atoms with Crippen LogP contribution in [-0.4, -0.2) is 43.1 Å². The van der Waals surface area contributed by atoms with E-state index in [1.807, 2.05) is 0 Å². The molecule has 1 aliphatic rings. The van der Waals surface area contributed by atoms with Gasteiger partial charge in [0.1, 0.15) is 0 Å². The molecule has 1 aliphatic heterocycles. The monoisotopic (exact) mass is 308 g/mol. The maximum atomic E-state index is 4.69. The fourth-order valence-corrected chi connectivity index (χ4v) is 3.34. The van der Waals surface area contributed by atoms with Crippen molar-refractivity contribution in [3.63, 3.8) is 0 Å². The third kappa shape index (κ3) is 5.67. The van der Waals surface area contributed by atoms with E-state index >= 15 is 0 Å². The number of nitrogens with one attached hydrogen (secondary N) is 2. The molecule has 0 amide bonds. The second kappa shape index (κ2) is 9.05. The van der Waals surface area contributed by atoms with Crippen molar-refractivity contribution in [3.8, 4) is 0 Å². The van der Waals surface area contributed by atoms with Crippen LogP contribution in [0.3, 0.4) is 0 Å². The number of piperidine rings is 1. The molecule has 118 valence electrons. The Kier molecular flexibility index (Phi) is 7.03. The lowest BCUT2D eigenvalue weighted by atomic mass is 10.1. The quantitative estimate of drug-likeness (QED) is 0.627. The molecule has 0 aromatic carbocycles. The van der Waals surface area contributed by atoms with Crippen LogP contribution in [0.25, 0.3) is 0 Å². The summed E-state index contributed by atoms with van der Waals surface area (Å²) < 4.78 is 0. The number of likely N-dealkylation sites (tertiary alicyclic amines) is 1. The van der Waals surface area contributed by atoms with Gasteiger partial charge < -0.3 is 15.5 Å². The van der Waals surface area contributed by atoms with Gasteiger partial charge >= 0.3 is 0 Å². The molecule has 0 unspecified atom stereocenters. The second-order valence-electron chi connectivity index (χ2n) is 5.59. The first-order chi connectivity index (χ1) is 10.3. The highest BCUT2D eigenvalue weighted by Crippen LogP contribution is 2.11. The van der Waals surface area contributed by atoms with Gasteiger partial charge in [0.25, 0.3) is 0 Å². The SMILES string of the molecule is CCCN1CCC(NC(=NCc2ccsc2)NCC)CC1. The Morgan fingerprint density at radius 3 is 2.81 bits per heavy atom. The molecule has 2 N–H and O–H groups in total. The Labute approximate surface area is 132 Å². The first-order valence-corrected chi connectivity index (χ1v) is 9.04. The van der Waals surface area contributed by atoms with Gasteiger partial charge in [0.15, 0.2) is 5.96 Å². The van der Waals surface area contributed by atoms with Gasteiger partial charge in [-0.05, 0) is 55.1 Å². The summed E-state index contributed by atoms with van der Waals surface area (Å²) in [6, 6.07) is 2.69. The van der Waals surface area contributed by atoms with Crippen LogP contribution in [0.2, 0.25) is 0 Å². The summed E-state index contributed by atoms with van der Waals surface area (Å²) in [6.45, 7) is 9.68. The van der Waals surface area contributed by atoms with Gasteiger partial charge in [-0.2, -0.15) is 11.3 Å². The molecular formula is C16H28N4S. The summed E-state index contributed by atoms with van der Waals surface area (Å²) in [5.41, 5.74) is 1.29. The lowest BCUT2D eigenvalue weighted by Crippen LogP contribution is -2.48. The molecule has 0 bridgehead atoms. The fourth-order valence-electron chi connectivity index (χ4n) is 2.68. The van der Waals surface area contributed by atoms with Crippen LogP contribution in [0.5, 0.6) is 0 Å². The van der Waals surface area contributed by atoms with Gasteiger partial charge in [-0.3, -0.25) is 0 Å². The van der Waals surface area contributed by atoms with Gasteiger partial charge in [-0.15, -0.1) is 0 Å². The van der Waals surface area contributed by atoms with E-state index in [2.05, 4.69) is 46.2 Å². The van der Waals surface area contributed by atoms with Gasteiger partial charge in [0, 0.05) is 25.7 Å². The van der Waals surface area contributed by atoms with E-state index in [-0.39, 0.29) is 0 Å². The Morgan fingerprint density at radius 1 is 1.38 bits per heavy atom. The van der Waals surface area contributed by atoms with E-state index in [0.29, 0.717) is 6.04 Å². The van der Waals surface area contributed by atoms with Crippen LogP contribution >= 0.6 is 11.3 Å². The highest BCUT2D eigenvalue weighted by Gasteiger charge is 2.19. The van der Waals surface area contributed by atoms with Crippen LogP contribution in [0.1, 0.15) is 38.7 Å². The predicted octanol–water partition coefficient (Wildman–Crippen LogP) is 2.68. The van der Waals surface area contributed by atoms with Gasteiger partial charge in [0.05, 0.1) is 6.54 Å². The average Bonchev–Trinajstić information content (AvgIpc) is 3.01. The summed E-state index contributed by atoms with van der Waals surface area (Å²) in [5.74, 6) is 0.956. The zero-order valence-corrected chi connectivity index (χ0v) is 14.1. The van der Waals surface area contributed by atoms with Gasteiger partial charge in [0.2, 0.25) is 0 Å². The Bertz CT molecular complexity index is 408. The number of hydrogen-bond acceptors (Lipinski definition) is 3. The summed E-state index contributed by atoms with van der Waals surface area (Å²) in [4.78, 5) is 7.26. The third-order valence-corrected chi connectivity index (χ3v) is 4.54. The molecule has 1 saturated heterocycles. The van der Waals surface area contributed by atoms with Crippen LogP contribution in [-0.2, 0) is 6.54 Å². The molecule has 0 aliphatic carbocycles. The molecular weight excluding hydrogens is 280 g/mol. The summed E-state index contributed by atoms with van der Waals surface area (Å²) in [6.07, 6.45) is 3.68. The molecule has 1 fully saturated rings. The normalized spacial score (nSPS) is 17.9. The van der Waals surface area contributed by atoms with E-state index < -0.39 is 0 Å². The molecule has 2 heterocycles. The molecule has 2 rings (SSSR count). The molecule has 21 heavy (non-hydrogen) atoms. The van der Waals surface area contributed by atoms with Crippen LogP contribution in [0, 0.1) is 0 Å².